The SMILES string of the molecule is CCCCCC1(F)CCC(C=Cc2ccc(OC)cc2)CC1. The number of halogens is 1. The molecule has 0 aromatic heterocycles. The van der Waals surface area contributed by atoms with Crippen LogP contribution >= 0.6 is 0 Å². The first kappa shape index (κ1) is 17.1. The van der Waals surface area contributed by atoms with Crippen LogP contribution in [-0.2, 0) is 0 Å². The Labute approximate surface area is 134 Å². The highest BCUT2D eigenvalue weighted by atomic mass is 19.1. The topological polar surface area (TPSA) is 9.23 Å². The van der Waals surface area contributed by atoms with Crippen molar-refractivity contribution in [2.75, 3.05) is 7.11 Å². The Hall–Kier alpha value is -1.31. The molecular weight excluding hydrogens is 275 g/mol. The number of hydrogen-bond donors (Lipinski definition) is 0. The maximum atomic E-state index is 14.7. The van der Waals surface area contributed by atoms with Crippen LogP contribution in [0.3, 0.4) is 0 Å². The standard InChI is InChI=1S/C20H29FO/c1-3-4-5-14-20(21)15-12-18(13-16-20)7-6-17-8-10-19(22-2)11-9-17/h6-11,18H,3-5,12-16H2,1-2H3. The fraction of sp³-hybridized carbons (Fsp3) is 0.600. The molecule has 1 aliphatic rings. The Bertz CT molecular complexity index is 455. The third-order valence-electron chi connectivity index (χ3n) is 4.83. The van der Waals surface area contributed by atoms with Crippen LogP contribution in [0, 0.1) is 5.92 Å². The van der Waals surface area contributed by atoms with Gasteiger partial charge in [0.15, 0.2) is 0 Å². The summed E-state index contributed by atoms with van der Waals surface area (Å²) in [7, 11) is 1.68. The predicted octanol–water partition coefficient (Wildman–Crippen LogP) is 6.19. The number of rotatable bonds is 7. The van der Waals surface area contributed by atoms with E-state index in [1.165, 1.54) is 12.0 Å². The van der Waals surface area contributed by atoms with Gasteiger partial charge in [-0.2, -0.15) is 0 Å². The molecule has 0 heterocycles. The van der Waals surface area contributed by atoms with Crippen LogP contribution in [0.1, 0.15) is 63.9 Å². The molecule has 1 aromatic rings. The molecule has 22 heavy (non-hydrogen) atoms. The second kappa shape index (κ2) is 8.36. The molecule has 1 nitrogen and oxygen atoms in total. The Kier molecular flexibility index (Phi) is 6.48. The van der Waals surface area contributed by atoms with Crippen molar-refractivity contribution in [1.82, 2.24) is 0 Å². The summed E-state index contributed by atoms with van der Waals surface area (Å²) in [6.07, 6.45) is 12.0. The molecule has 0 aliphatic heterocycles. The van der Waals surface area contributed by atoms with Gasteiger partial charge in [-0.25, -0.2) is 4.39 Å². The summed E-state index contributed by atoms with van der Waals surface area (Å²) in [4.78, 5) is 0. The first-order valence-electron chi connectivity index (χ1n) is 8.66. The van der Waals surface area contributed by atoms with Crippen LogP contribution in [0.5, 0.6) is 5.75 Å². The molecule has 1 aliphatic carbocycles. The smallest absolute Gasteiger partial charge is 0.118 e. The number of allylic oxidation sites excluding steroid dienone is 1. The molecular formula is C20H29FO. The van der Waals surface area contributed by atoms with Gasteiger partial charge in [-0.1, -0.05) is 50.5 Å². The van der Waals surface area contributed by atoms with E-state index in [2.05, 4.69) is 31.2 Å². The average molecular weight is 304 g/mol. The lowest BCUT2D eigenvalue weighted by Crippen LogP contribution is -2.29. The molecule has 0 atom stereocenters. The zero-order chi connectivity index (χ0) is 15.8. The Morgan fingerprint density at radius 1 is 1.18 bits per heavy atom. The fourth-order valence-electron chi connectivity index (χ4n) is 3.25. The van der Waals surface area contributed by atoms with Crippen molar-refractivity contribution < 1.29 is 9.13 Å². The first-order chi connectivity index (χ1) is 10.6. The van der Waals surface area contributed by atoms with Gasteiger partial charge < -0.3 is 4.74 Å². The van der Waals surface area contributed by atoms with Gasteiger partial charge in [0.25, 0.3) is 0 Å². The van der Waals surface area contributed by atoms with Crippen molar-refractivity contribution in [2.24, 2.45) is 5.92 Å². The largest absolute Gasteiger partial charge is 0.497 e. The lowest BCUT2D eigenvalue weighted by Gasteiger charge is -2.33. The summed E-state index contributed by atoms with van der Waals surface area (Å²) in [6, 6.07) is 8.06. The quantitative estimate of drug-likeness (QED) is 0.546. The van der Waals surface area contributed by atoms with Crippen LogP contribution in [-0.4, -0.2) is 12.8 Å². The van der Waals surface area contributed by atoms with E-state index in [-0.39, 0.29) is 0 Å². The molecule has 2 rings (SSSR count). The van der Waals surface area contributed by atoms with Gasteiger partial charge in [-0.05, 0) is 55.7 Å². The molecule has 0 unspecified atom stereocenters. The monoisotopic (exact) mass is 304 g/mol. The van der Waals surface area contributed by atoms with Crippen molar-refractivity contribution >= 4 is 6.08 Å². The van der Waals surface area contributed by atoms with Gasteiger partial charge in [0.2, 0.25) is 0 Å². The third-order valence-corrected chi connectivity index (χ3v) is 4.83. The maximum Gasteiger partial charge on any atom is 0.118 e. The highest BCUT2D eigenvalue weighted by Gasteiger charge is 2.33. The highest BCUT2D eigenvalue weighted by molar-refractivity contribution is 5.50. The molecule has 122 valence electrons. The van der Waals surface area contributed by atoms with E-state index < -0.39 is 5.67 Å². The van der Waals surface area contributed by atoms with Gasteiger partial charge in [-0.3, -0.25) is 0 Å². The van der Waals surface area contributed by atoms with Crippen molar-refractivity contribution in [3.05, 3.63) is 35.9 Å². The summed E-state index contributed by atoms with van der Waals surface area (Å²) in [6.45, 7) is 2.17. The number of hydrogen-bond acceptors (Lipinski definition) is 1. The van der Waals surface area contributed by atoms with Gasteiger partial charge >= 0.3 is 0 Å². The van der Waals surface area contributed by atoms with E-state index in [9.17, 15) is 4.39 Å². The molecule has 0 N–H and O–H groups in total. The zero-order valence-corrected chi connectivity index (χ0v) is 14.0. The van der Waals surface area contributed by atoms with E-state index in [4.69, 9.17) is 4.74 Å². The van der Waals surface area contributed by atoms with Crippen LogP contribution in [0.2, 0.25) is 0 Å². The predicted molar refractivity (Wildman–Crippen MR) is 92.0 cm³/mol. The number of benzene rings is 1. The minimum Gasteiger partial charge on any atom is -0.497 e. The summed E-state index contributed by atoms with van der Waals surface area (Å²) in [5.74, 6) is 1.40. The van der Waals surface area contributed by atoms with Crippen molar-refractivity contribution in [1.29, 1.82) is 0 Å². The maximum absolute atomic E-state index is 14.7. The summed E-state index contributed by atoms with van der Waals surface area (Å²) < 4.78 is 19.8. The first-order valence-corrected chi connectivity index (χ1v) is 8.66. The minimum absolute atomic E-state index is 0.525. The fourth-order valence-corrected chi connectivity index (χ4v) is 3.25. The van der Waals surface area contributed by atoms with Crippen LogP contribution in [0.15, 0.2) is 30.3 Å². The van der Waals surface area contributed by atoms with Gasteiger partial charge in [0.1, 0.15) is 11.4 Å². The number of methoxy groups -OCH3 is 1. The lowest BCUT2D eigenvalue weighted by molar-refractivity contribution is 0.0804. The average Bonchev–Trinajstić information content (AvgIpc) is 2.55. The van der Waals surface area contributed by atoms with E-state index in [1.807, 2.05) is 12.1 Å². The minimum atomic E-state index is -0.889. The van der Waals surface area contributed by atoms with Gasteiger partial charge in [0.05, 0.1) is 7.11 Å². The second-order valence-electron chi connectivity index (χ2n) is 6.58. The van der Waals surface area contributed by atoms with Crippen molar-refractivity contribution in [3.8, 4) is 5.75 Å². The number of alkyl halides is 1. The molecule has 1 aromatic carbocycles. The lowest BCUT2D eigenvalue weighted by atomic mass is 9.77. The Morgan fingerprint density at radius 2 is 1.86 bits per heavy atom. The van der Waals surface area contributed by atoms with E-state index >= 15 is 0 Å². The summed E-state index contributed by atoms with van der Waals surface area (Å²) in [5.41, 5.74) is 0.292. The zero-order valence-electron chi connectivity index (χ0n) is 14.0. The Balaban J connectivity index is 1.79. The van der Waals surface area contributed by atoms with E-state index in [0.29, 0.717) is 5.92 Å². The number of unbranched alkanes of at least 4 members (excludes halogenated alkanes) is 2. The highest BCUT2D eigenvalue weighted by Crippen LogP contribution is 2.39. The van der Waals surface area contributed by atoms with Gasteiger partial charge in [0, 0.05) is 0 Å². The van der Waals surface area contributed by atoms with Crippen molar-refractivity contribution in [3.63, 3.8) is 0 Å². The normalized spacial score (nSPS) is 25.5. The molecule has 1 saturated carbocycles. The Morgan fingerprint density at radius 3 is 2.45 bits per heavy atom. The molecule has 0 radical (unpaired) electrons. The summed E-state index contributed by atoms with van der Waals surface area (Å²) in [5, 5.41) is 0. The van der Waals surface area contributed by atoms with Crippen LogP contribution in [0.25, 0.3) is 6.08 Å². The molecule has 0 bridgehead atoms. The van der Waals surface area contributed by atoms with Crippen molar-refractivity contribution in [2.45, 2.75) is 64.0 Å². The molecule has 0 spiro atoms. The molecule has 0 saturated heterocycles. The molecule has 1 fully saturated rings. The second-order valence-corrected chi connectivity index (χ2v) is 6.58. The van der Waals surface area contributed by atoms with Gasteiger partial charge in [-0.15, -0.1) is 0 Å². The van der Waals surface area contributed by atoms with E-state index in [1.54, 1.807) is 7.11 Å². The third kappa shape index (κ3) is 5.15. The van der Waals surface area contributed by atoms with Crippen LogP contribution in [0.4, 0.5) is 4.39 Å². The van der Waals surface area contributed by atoms with E-state index in [0.717, 1.165) is 50.7 Å². The van der Waals surface area contributed by atoms with Crippen LogP contribution < -0.4 is 4.74 Å². The summed E-state index contributed by atoms with van der Waals surface area (Å²) >= 11 is 0. The number of ether oxygens (including phenoxy) is 1. The molecule has 0 amide bonds. The molecule has 2 heteroatoms.